The molecule has 0 saturated carbocycles. The largest absolute Gasteiger partial charge is 0.455 e. The average Bonchev–Trinajstić information content (AvgIpc) is 1.99. The molecule has 0 aliphatic rings. The third kappa shape index (κ3) is 4.90. The molecule has 88 valence electrons. The quantitative estimate of drug-likeness (QED) is 0.527. The molecule has 0 fully saturated rings. The van der Waals surface area contributed by atoms with E-state index >= 15 is 0 Å². The van der Waals surface area contributed by atoms with Gasteiger partial charge >= 0.3 is 0 Å². The summed E-state index contributed by atoms with van der Waals surface area (Å²) in [5.74, 6) is 0.146. The van der Waals surface area contributed by atoms with Gasteiger partial charge in [-0.25, -0.2) is 0 Å². The van der Waals surface area contributed by atoms with E-state index in [1.54, 1.807) is 0 Å². The van der Waals surface area contributed by atoms with Crippen molar-refractivity contribution in [3.05, 3.63) is 12.7 Å². The molecule has 0 radical (unpaired) electrons. The minimum Gasteiger partial charge on any atom is -0.455 e. The molecule has 0 aliphatic heterocycles. The first-order valence-electron chi connectivity index (χ1n) is 5.50. The van der Waals surface area contributed by atoms with Crippen molar-refractivity contribution in [1.82, 2.24) is 0 Å². The van der Waals surface area contributed by atoms with E-state index in [9.17, 15) is 4.79 Å². The van der Waals surface area contributed by atoms with Gasteiger partial charge in [-0.1, -0.05) is 13.5 Å². The summed E-state index contributed by atoms with van der Waals surface area (Å²) in [6, 6.07) is 0. The molecule has 0 amide bonds. The van der Waals surface area contributed by atoms with Gasteiger partial charge in [-0.15, -0.1) is 0 Å². The molecule has 0 heterocycles. The van der Waals surface area contributed by atoms with Gasteiger partial charge in [0.1, 0.15) is 0 Å². The molecule has 0 N–H and O–H groups in total. The SMILES string of the molecule is C=CC(=O)C(CC)[Si](C)(C)O[Si](C)(C)C. The van der Waals surface area contributed by atoms with E-state index in [-0.39, 0.29) is 11.3 Å². The zero-order valence-corrected chi connectivity index (χ0v) is 12.9. The van der Waals surface area contributed by atoms with Gasteiger partial charge in [0.25, 0.3) is 0 Å². The van der Waals surface area contributed by atoms with Crippen molar-refractivity contribution in [2.75, 3.05) is 0 Å². The second-order valence-electron chi connectivity index (χ2n) is 5.39. The van der Waals surface area contributed by atoms with Crippen LogP contribution in [0.3, 0.4) is 0 Å². The number of carbonyl (C=O) groups excluding carboxylic acids is 1. The summed E-state index contributed by atoms with van der Waals surface area (Å²) in [5, 5.41) is 0. The van der Waals surface area contributed by atoms with Crippen molar-refractivity contribution in [2.24, 2.45) is 0 Å². The molecule has 0 aromatic heterocycles. The van der Waals surface area contributed by atoms with E-state index in [0.29, 0.717) is 0 Å². The average molecular weight is 244 g/mol. The van der Waals surface area contributed by atoms with Gasteiger partial charge < -0.3 is 4.12 Å². The normalized spacial score (nSPS) is 14.8. The molecule has 2 nitrogen and oxygen atoms in total. The number of ketones is 1. The van der Waals surface area contributed by atoms with Crippen molar-refractivity contribution in [3.8, 4) is 0 Å². The molecule has 15 heavy (non-hydrogen) atoms. The molecular formula is C11H24O2Si2. The number of hydrogen-bond acceptors (Lipinski definition) is 2. The maximum atomic E-state index is 11.7. The standard InChI is InChI=1S/C11H24O2Si2/c1-8-10(12)11(9-2)15(6,7)13-14(3,4)5/h8,11H,1,9H2,2-7H3. The molecule has 1 unspecified atom stereocenters. The van der Waals surface area contributed by atoms with E-state index in [4.69, 9.17) is 4.12 Å². The highest BCUT2D eigenvalue weighted by atomic mass is 28.4. The van der Waals surface area contributed by atoms with E-state index < -0.39 is 16.6 Å². The van der Waals surface area contributed by atoms with E-state index in [1.807, 2.05) is 6.92 Å². The lowest BCUT2D eigenvalue weighted by Gasteiger charge is -2.36. The predicted molar refractivity (Wildman–Crippen MR) is 71.2 cm³/mol. The molecule has 0 spiro atoms. The van der Waals surface area contributed by atoms with Crippen LogP contribution in [0.15, 0.2) is 12.7 Å². The zero-order chi connectivity index (χ0) is 12.3. The second kappa shape index (κ2) is 5.23. The van der Waals surface area contributed by atoms with Crippen LogP contribution < -0.4 is 0 Å². The fraction of sp³-hybridized carbons (Fsp3) is 0.727. The lowest BCUT2D eigenvalue weighted by atomic mass is 10.2. The van der Waals surface area contributed by atoms with E-state index in [0.717, 1.165) is 6.42 Å². The summed E-state index contributed by atoms with van der Waals surface area (Å²) in [5.41, 5.74) is 0.0572. The molecule has 4 heteroatoms. The summed E-state index contributed by atoms with van der Waals surface area (Å²) in [4.78, 5) is 11.7. The highest BCUT2D eigenvalue weighted by molar-refractivity contribution is 6.86. The second-order valence-corrected chi connectivity index (χ2v) is 14.3. The van der Waals surface area contributed by atoms with Crippen LogP contribution in [0.2, 0.25) is 38.3 Å². The Balaban J connectivity index is 4.81. The minimum absolute atomic E-state index is 0.0572. The number of allylic oxidation sites excluding steroid dienone is 1. The molecule has 1 atom stereocenters. The van der Waals surface area contributed by atoms with Gasteiger partial charge in [-0.3, -0.25) is 4.79 Å². The van der Waals surface area contributed by atoms with Crippen LogP contribution in [0.25, 0.3) is 0 Å². The number of rotatable bonds is 6. The zero-order valence-electron chi connectivity index (χ0n) is 10.9. The van der Waals surface area contributed by atoms with Gasteiger partial charge in [-0.05, 0) is 45.2 Å². The van der Waals surface area contributed by atoms with Gasteiger partial charge in [0.15, 0.2) is 22.4 Å². The Labute approximate surface area is 96.0 Å². The predicted octanol–water partition coefficient (Wildman–Crippen LogP) is 3.58. The Hall–Kier alpha value is -0.196. The fourth-order valence-electron chi connectivity index (χ4n) is 2.04. The Morgan fingerprint density at radius 2 is 1.80 bits per heavy atom. The van der Waals surface area contributed by atoms with Crippen molar-refractivity contribution in [3.63, 3.8) is 0 Å². The third-order valence-electron chi connectivity index (χ3n) is 2.36. The molecule has 0 bridgehead atoms. The van der Waals surface area contributed by atoms with Gasteiger partial charge in [0.2, 0.25) is 0 Å². The maximum absolute atomic E-state index is 11.7. The lowest BCUT2D eigenvalue weighted by Crippen LogP contribution is -2.47. The van der Waals surface area contributed by atoms with Crippen molar-refractivity contribution in [2.45, 2.75) is 51.6 Å². The highest BCUT2D eigenvalue weighted by Gasteiger charge is 2.39. The van der Waals surface area contributed by atoms with Gasteiger partial charge in [0, 0.05) is 5.54 Å². The van der Waals surface area contributed by atoms with Crippen LogP contribution in [0.4, 0.5) is 0 Å². The fourth-order valence-corrected chi connectivity index (χ4v) is 10.7. The summed E-state index contributed by atoms with van der Waals surface area (Å²) >= 11 is 0. The molecule has 0 aliphatic carbocycles. The Bertz CT molecular complexity index is 241. The van der Waals surface area contributed by atoms with E-state index in [1.165, 1.54) is 6.08 Å². The molecular weight excluding hydrogens is 220 g/mol. The molecule has 0 aromatic rings. The van der Waals surface area contributed by atoms with Crippen molar-refractivity contribution < 1.29 is 8.91 Å². The lowest BCUT2D eigenvalue weighted by molar-refractivity contribution is -0.114. The Morgan fingerprint density at radius 1 is 1.33 bits per heavy atom. The van der Waals surface area contributed by atoms with Gasteiger partial charge in [0.05, 0.1) is 0 Å². The highest BCUT2D eigenvalue weighted by Crippen LogP contribution is 2.30. The molecule has 0 aromatic carbocycles. The summed E-state index contributed by atoms with van der Waals surface area (Å²) in [6.45, 7) is 16.4. The minimum atomic E-state index is -1.91. The summed E-state index contributed by atoms with van der Waals surface area (Å²) in [7, 11) is -3.47. The molecule has 0 saturated heterocycles. The van der Waals surface area contributed by atoms with Crippen molar-refractivity contribution >= 4 is 22.4 Å². The Morgan fingerprint density at radius 3 is 2.07 bits per heavy atom. The first-order chi connectivity index (χ1) is 6.64. The Kier molecular flexibility index (Phi) is 5.16. The van der Waals surface area contributed by atoms with E-state index in [2.05, 4.69) is 39.3 Å². The maximum Gasteiger partial charge on any atom is 0.184 e. The van der Waals surface area contributed by atoms with Crippen LogP contribution in [0.5, 0.6) is 0 Å². The number of hydrogen-bond donors (Lipinski definition) is 0. The van der Waals surface area contributed by atoms with Crippen LogP contribution in [0.1, 0.15) is 13.3 Å². The topological polar surface area (TPSA) is 26.3 Å². The van der Waals surface area contributed by atoms with Crippen LogP contribution in [0, 0.1) is 0 Å². The van der Waals surface area contributed by atoms with Gasteiger partial charge in [-0.2, -0.15) is 0 Å². The first-order valence-corrected chi connectivity index (χ1v) is 11.9. The molecule has 0 rings (SSSR count). The summed E-state index contributed by atoms with van der Waals surface area (Å²) in [6.07, 6.45) is 2.30. The number of carbonyl (C=O) groups is 1. The third-order valence-corrected chi connectivity index (χ3v) is 9.29. The van der Waals surface area contributed by atoms with Crippen molar-refractivity contribution in [1.29, 1.82) is 0 Å². The first kappa shape index (κ1) is 14.8. The summed E-state index contributed by atoms with van der Waals surface area (Å²) < 4.78 is 6.21. The smallest absolute Gasteiger partial charge is 0.184 e. The van der Waals surface area contributed by atoms with Crippen LogP contribution in [-0.2, 0) is 8.91 Å². The van der Waals surface area contributed by atoms with Crippen LogP contribution in [-0.4, -0.2) is 22.4 Å². The van der Waals surface area contributed by atoms with Crippen LogP contribution >= 0.6 is 0 Å². The monoisotopic (exact) mass is 244 g/mol.